The van der Waals surface area contributed by atoms with Gasteiger partial charge >= 0.3 is 13.5 Å². The normalized spacial score (nSPS) is 13.7. The van der Waals surface area contributed by atoms with Gasteiger partial charge in [-0.15, -0.1) is 0 Å². The molecule has 0 aliphatic rings. The predicted molar refractivity (Wildman–Crippen MR) is 62.9 cm³/mol. The van der Waals surface area contributed by atoms with E-state index >= 15 is 0 Å². The number of hydrogen-bond acceptors (Lipinski definition) is 3. The van der Waals surface area contributed by atoms with Crippen molar-refractivity contribution >= 4 is 18.2 Å². The summed E-state index contributed by atoms with van der Waals surface area (Å²) in [5.74, 6) is -4.79. The summed E-state index contributed by atoms with van der Waals surface area (Å²) in [7, 11) is -1.77. The average Bonchev–Trinajstić information content (AvgIpc) is 2.61. The summed E-state index contributed by atoms with van der Waals surface area (Å²) in [6.45, 7) is 0. The molecule has 0 radical (unpaired) electrons. The predicted octanol–water partition coefficient (Wildman–Crippen LogP) is 2.19. The molecule has 0 amide bonds. The van der Waals surface area contributed by atoms with E-state index in [9.17, 15) is 26.3 Å². The fourth-order valence-corrected chi connectivity index (χ4v) is 2.08. The van der Waals surface area contributed by atoms with E-state index in [0.717, 1.165) is 13.1 Å². The van der Waals surface area contributed by atoms with Gasteiger partial charge in [-0.1, -0.05) is 6.07 Å². The Labute approximate surface area is 119 Å². The van der Waals surface area contributed by atoms with Crippen molar-refractivity contribution in [3.8, 4) is 0 Å². The summed E-state index contributed by atoms with van der Waals surface area (Å²) >= 11 is 0. The zero-order valence-corrected chi connectivity index (χ0v) is 10.8. The average molecular weight is 327 g/mol. The molecule has 0 aliphatic carbocycles. The van der Waals surface area contributed by atoms with E-state index in [1.165, 1.54) is 0 Å². The third kappa shape index (κ3) is 2.66. The standard InChI is InChI=1S/C11H8BF6NO3/c1-19-5-3-2-4(7(13)6(5)8(14)10(19)15)9(11(16,17)18)22-12(20)21/h2-3,9,20-21H,1H3. The van der Waals surface area contributed by atoms with Gasteiger partial charge < -0.3 is 19.3 Å². The molecule has 2 N–H and O–H groups in total. The van der Waals surface area contributed by atoms with Crippen LogP contribution in [0.2, 0.25) is 0 Å². The second-order valence-electron chi connectivity index (χ2n) is 4.41. The van der Waals surface area contributed by atoms with Crippen molar-refractivity contribution in [3.63, 3.8) is 0 Å². The van der Waals surface area contributed by atoms with Crippen LogP contribution in [0.4, 0.5) is 26.3 Å². The lowest BCUT2D eigenvalue weighted by molar-refractivity contribution is -0.206. The summed E-state index contributed by atoms with van der Waals surface area (Å²) in [4.78, 5) is 0. The van der Waals surface area contributed by atoms with Crippen molar-refractivity contribution in [1.29, 1.82) is 0 Å². The highest BCUT2D eigenvalue weighted by atomic mass is 19.4. The Balaban J connectivity index is 2.69. The van der Waals surface area contributed by atoms with E-state index in [4.69, 9.17) is 10.0 Å². The van der Waals surface area contributed by atoms with Gasteiger partial charge in [0.25, 0.3) is 0 Å². The van der Waals surface area contributed by atoms with Gasteiger partial charge in [-0.25, -0.2) is 8.78 Å². The largest absolute Gasteiger partial charge is 0.634 e. The van der Waals surface area contributed by atoms with Crippen LogP contribution < -0.4 is 0 Å². The van der Waals surface area contributed by atoms with E-state index in [1.807, 2.05) is 0 Å². The monoisotopic (exact) mass is 327 g/mol. The van der Waals surface area contributed by atoms with Crippen LogP contribution in [0.15, 0.2) is 12.1 Å². The Morgan fingerprint density at radius 2 is 1.73 bits per heavy atom. The molecule has 11 heteroatoms. The highest BCUT2D eigenvalue weighted by Crippen LogP contribution is 2.39. The van der Waals surface area contributed by atoms with E-state index in [0.29, 0.717) is 10.6 Å². The van der Waals surface area contributed by atoms with E-state index in [2.05, 4.69) is 4.65 Å². The maximum Gasteiger partial charge on any atom is 0.634 e. The lowest BCUT2D eigenvalue weighted by Gasteiger charge is -2.21. The molecule has 0 saturated heterocycles. The molecule has 1 aromatic carbocycles. The Bertz CT molecular complexity index is 714. The van der Waals surface area contributed by atoms with E-state index in [1.54, 1.807) is 0 Å². The molecule has 0 aliphatic heterocycles. The van der Waals surface area contributed by atoms with Crippen molar-refractivity contribution in [3.05, 3.63) is 35.3 Å². The Kier molecular flexibility index (Phi) is 4.15. The number of alkyl halides is 3. The molecule has 120 valence electrons. The van der Waals surface area contributed by atoms with Crippen LogP contribution in [0.5, 0.6) is 0 Å². The van der Waals surface area contributed by atoms with Crippen LogP contribution >= 0.6 is 0 Å². The first-order valence-electron chi connectivity index (χ1n) is 5.75. The van der Waals surface area contributed by atoms with Crippen molar-refractivity contribution in [1.82, 2.24) is 4.57 Å². The fourth-order valence-electron chi connectivity index (χ4n) is 2.08. The fraction of sp³-hybridized carbons (Fsp3) is 0.273. The van der Waals surface area contributed by atoms with Crippen LogP contribution in [-0.2, 0) is 11.7 Å². The number of rotatable bonds is 3. The van der Waals surface area contributed by atoms with Gasteiger partial charge in [0.05, 0.1) is 10.9 Å². The zero-order valence-electron chi connectivity index (χ0n) is 10.8. The molecule has 0 saturated carbocycles. The minimum absolute atomic E-state index is 0.304. The number of benzene rings is 1. The molecule has 1 unspecified atom stereocenters. The number of aryl methyl sites for hydroxylation is 1. The highest BCUT2D eigenvalue weighted by molar-refractivity contribution is 6.32. The zero-order chi connectivity index (χ0) is 16.8. The van der Waals surface area contributed by atoms with Gasteiger partial charge in [0.15, 0.2) is 11.9 Å². The highest BCUT2D eigenvalue weighted by Gasteiger charge is 2.45. The van der Waals surface area contributed by atoms with Crippen molar-refractivity contribution in [2.45, 2.75) is 12.3 Å². The van der Waals surface area contributed by atoms with Crippen molar-refractivity contribution < 1.29 is 41.0 Å². The number of fused-ring (bicyclic) bond motifs is 1. The van der Waals surface area contributed by atoms with Gasteiger partial charge in [0.1, 0.15) is 5.82 Å². The molecule has 1 heterocycles. The van der Waals surface area contributed by atoms with Crippen LogP contribution in [0.1, 0.15) is 11.7 Å². The van der Waals surface area contributed by atoms with Gasteiger partial charge in [-0.3, -0.25) is 0 Å². The molecular formula is C11H8BF6NO3. The SMILES string of the molecule is Cn1c(F)c(F)c2c(F)c(C(OB(O)O)C(F)(F)F)ccc21. The van der Waals surface area contributed by atoms with Gasteiger partial charge in [0, 0.05) is 12.6 Å². The van der Waals surface area contributed by atoms with Gasteiger partial charge in [-0.2, -0.15) is 17.6 Å². The van der Waals surface area contributed by atoms with Gasteiger partial charge in [0.2, 0.25) is 5.95 Å². The number of aromatic nitrogens is 1. The molecule has 4 nitrogen and oxygen atoms in total. The summed E-state index contributed by atoms with van der Waals surface area (Å²) in [5.41, 5.74) is -1.50. The maximum atomic E-state index is 14.2. The minimum atomic E-state index is -5.21. The van der Waals surface area contributed by atoms with Crippen LogP contribution in [0.25, 0.3) is 10.9 Å². The smallest absolute Gasteiger partial charge is 0.402 e. The van der Waals surface area contributed by atoms with E-state index in [-0.39, 0.29) is 5.52 Å². The molecule has 2 aromatic rings. The number of halogens is 6. The molecule has 2 rings (SSSR count). The maximum absolute atomic E-state index is 14.2. The van der Waals surface area contributed by atoms with Crippen molar-refractivity contribution in [2.24, 2.45) is 7.05 Å². The Morgan fingerprint density at radius 1 is 1.14 bits per heavy atom. The van der Waals surface area contributed by atoms with Crippen LogP contribution in [-0.4, -0.2) is 28.1 Å². The molecule has 0 bridgehead atoms. The summed E-state index contributed by atoms with van der Waals surface area (Å²) in [5, 5.41) is 16.1. The first-order chi connectivity index (χ1) is 10.1. The van der Waals surface area contributed by atoms with Gasteiger partial charge in [-0.05, 0) is 6.07 Å². The molecule has 0 fully saturated rings. The molecule has 1 aromatic heterocycles. The lowest BCUT2D eigenvalue weighted by Crippen LogP contribution is -2.31. The second kappa shape index (κ2) is 5.49. The first-order valence-corrected chi connectivity index (χ1v) is 5.75. The lowest BCUT2D eigenvalue weighted by atomic mass is 10.0. The summed E-state index contributed by atoms with van der Waals surface area (Å²) in [6.07, 6.45) is -8.26. The summed E-state index contributed by atoms with van der Waals surface area (Å²) in [6, 6.07) is 1.48. The number of nitrogens with zero attached hydrogens (tertiary/aromatic N) is 1. The second-order valence-corrected chi connectivity index (χ2v) is 4.41. The first kappa shape index (κ1) is 16.7. The Hall–Kier alpha value is -1.72. The van der Waals surface area contributed by atoms with E-state index < -0.39 is 48.1 Å². The molecule has 1 atom stereocenters. The topological polar surface area (TPSA) is 54.6 Å². The van der Waals surface area contributed by atoms with Crippen molar-refractivity contribution in [2.75, 3.05) is 0 Å². The van der Waals surface area contributed by atoms with Crippen LogP contribution in [0, 0.1) is 17.6 Å². The molecule has 22 heavy (non-hydrogen) atoms. The third-order valence-electron chi connectivity index (χ3n) is 3.04. The summed E-state index contributed by atoms with van der Waals surface area (Å²) < 4.78 is 84.2. The Morgan fingerprint density at radius 3 is 2.23 bits per heavy atom. The third-order valence-corrected chi connectivity index (χ3v) is 3.04. The number of hydrogen-bond donors (Lipinski definition) is 2. The quantitative estimate of drug-likeness (QED) is 0.671. The minimum Gasteiger partial charge on any atom is -0.402 e. The molecular weight excluding hydrogens is 319 g/mol. The van der Waals surface area contributed by atoms with Crippen LogP contribution in [0.3, 0.4) is 0 Å². The molecule has 0 spiro atoms.